The van der Waals surface area contributed by atoms with Gasteiger partial charge in [0.05, 0.1) is 13.2 Å². The van der Waals surface area contributed by atoms with Gasteiger partial charge < -0.3 is 20.7 Å². The molecule has 8 heteroatoms. The van der Waals surface area contributed by atoms with Gasteiger partial charge in [-0.25, -0.2) is 13.6 Å². The topological polar surface area (TPSA) is 80.0 Å². The lowest BCUT2D eigenvalue weighted by molar-refractivity contribution is 0.0963. The minimum absolute atomic E-state index is 0.106. The van der Waals surface area contributed by atoms with Crippen LogP contribution >= 0.6 is 0 Å². The Balaban J connectivity index is 1.61. The number of piperidine rings is 1. The highest BCUT2D eigenvalue weighted by Crippen LogP contribution is 2.43. The molecule has 0 aromatic heterocycles. The number of hydrogen-bond donors (Lipinski definition) is 2. The molecular formula is C21H30F2N4O2. The second kappa shape index (κ2) is 9.41. The van der Waals surface area contributed by atoms with Crippen molar-refractivity contribution in [3.63, 3.8) is 0 Å². The van der Waals surface area contributed by atoms with Crippen LogP contribution in [0.1, 0.15) is 51.0 Å². The van der Waals surface area contributed by atoms with E-state index in [-0.39, 0.29) is 30.2 Å². The molecule has 1 aromatic carbocycles. The van der Waals surface area contributed by atoms with Gasteiger partial charge in [0.2, 0.25) is 0 Å². The maximum atomic E-state index is 14.4. The van der Waals surface area contributed by atoms with Crippen molar-refractivity contribution in [2.24, 2.45) is 10.7 Å². The number of aliphatic imine (C=N–C) groups is 1. The number of rotatable bonds is 5. The number of carbonyl (C=O) groups is 1. The van der Waals surface area contributed by atoms with Crippen LogP contribution in [0.3, 0.4) is 0 Å². The average molecular weight is 408 g/mol. The predicted octanol–water partition coefficient (Wildman–Crippen LogP) is 3.30. The monoisotopic (exact) mass is 408 g/mol. The van der Waals surface area contributed by atoms with E-state index in [1.807, 2.05) is 0 Å². The molecule has 2 fully saturated rings. The minimum Gasteiger partial charge on any atom is -0.450 e. The van der Waals surface area contributed by atoms with E-state index in [9.17, 15) is 13.6 Å². The molecule has 1 heterocycles. The Morgan fingerprint density at radius 2 is 1.90 bits per heavy atom. The molecule has 29 heavy (non-hydrogen) atoms. The zero-order valence-corrected chi connectivity index (χ0v) is 16.9. The van der Waals surface area contributed by atoms with Gasteiger partial charge in [-0.2, -0.15) is 0 Å². The highest BCUT2D eigenvalue weighted by Gasteiger charge is 2.40. The number of guanidine groups is 1. The molecule has 0 unspecified atom stereocenters. The summed E-state index contributed by atoms with van der Waals surface area (Å²) in [6, 6.07) is 4.11. The zero-order valence-electron chi connectivity index (χ0n) is 16.9. The molecule has 2 aliphatic rings. The highest BCUT2D eigenvalue weighted by atomic mass is 19.1. The average Bonchev–Trinajstić information content (AvgIpc) is 3.17. The summed E-state index contributed by atoms with van der Waals surface area (Å²) >= 11 is 0. The zero-order chi connectivity index (χ0) is 20.9. The highest BCUT2D eigenvalue weighted by molar-refractivity contribution is 5.78. The molecule has 1 aliphatic carbocycles. The molecule has 0 spiro atoms. The fourth-order valence-corrected chi connectivity index (χ4v) is 4.46. The van der Waals surface area contributed by atoms with Crippen LogP contribution in [0.2, 0.25) is 0 Å². The summed E-state index contributed by atoms with van der Waals surface area (Å²) in [5.74, 6) is -0.748. The van der Waals surface area contributed by atoms with Gasteiger partial charge >= 0.3 is 6.09 Å². The second-order valence-electron chi connectivity index (χ2n) is 7.89. The summed E-state index contributed by atoms with van der Waals surface area (Å²) in [6.07, 6.45) is 4.41. The molecule has 3 N–H and O–H groups in total. The number of nitrogens with zero attached hydrogens (tertiary/aromatic N) is 2. The first-order valence-corrected chi connectivity index (χ1v) is 10.4. The van der Waals surface area contributed by atoms with Crippen molar-refractivity contribution in [1.82, 2.24) is 10.2 Å². The number of hydrogen-bond acceptors (Lipinski definition) is 3. The molecule has 1 saturated carbocycles. The molecule has 0 atom stereocenters. The number of amides is 1. The molecular weight excluding hydrogens is 378 g/mol. The minimum atomic E-state index is -0.644. The molecule has 1 saturated heterocycles. The molecule has 160 valence electrons. The van der Waals surface area contributed by atoms with E-state index in [0.29, 0.717) is 32.5 Å². The summed E-state index contributed by atoms with van der Waals surface area (Å²) in [5, 5.41) is 3.19. The van der Waals surface area contributed by atoms with Crippen molar-refractivity contribution in [3.05, 3.63) is 35.4 Å². The molecule has 0 radical (unpaired) electrons. The van der Waals surface area contributed by atoms with Gasteiger partial charge in [0, 0.05) is 30.1 Å². The van der Waals surface area contributed by atoms with Crippen molar-refractivity contribution in [2.45, 2.75) is 56.9 Å². The van der Waals surface area contributed by atoms with Gasteiger partial charge in [0.25, 0.3) is 0 Å². The van der Waals surface area contributed by atoms with E-state index in [2.05, 4.69) is 10.3 Å². The van der Waals surface area contributed by atoms with Crippen LogP contribution in [-0.4, -0.2) is 49.2 Å². The molecule has 1 aromatic rings. The van der Waals surface area contributed by atoms with Crippen molar-refractivity contribution in [3.8, 4) is 0 Å². The number of nitrogens with one attached hydrogen (secondary N) is 1. The van der Waals surface area contributed by atoms with E-state index in [1.54, 1.807) is 11.8 Å². The van der Waals surface area contributed by atoms with Crippen LogP contribution in [0.4, 0.5) is 13.6 Å². The van der Waals surface area contributed by atoms with Crippen molar-refractivity contribution in [1.29, 1.82) is 0 Å². The number of likely N-dealkylation sites (tertiary alicyclic amines) is 1. The van der Waals surface area contributed by atoms with Gasteiger partial charge in [-0.3, -0.25) is 4.99 Å². The molecule has 1 aliphatic heterocycles. The van der Waals surface area contributed by atoms with Crippen LogP contribution in [0.25, 0.3) is 0 Å². The molecule has 3 rings (SSSR count). The van der Waals surface area contributed by atoms with Crippen LogP contribution < -0.4 is 11.1 Å². The maximum absolute atomic E-state index is 14.4. The van der Waals surface area contributed by atoms with Crippen LogP contribution in [0.5, 0.6) is 0 Å². The maximum Gasteiger partial charge on any atom is 0.409 e. The van der Waals surface area contributed by atoms with Crippen LogP contribution in [-0.2, 0) is 10.2 Å². The number of halogens is 2. The Morgan fingerprint density at radius 3 is 2.48 bits per heavy atom. The summed E-state index contributed by atoms with van der Waals surface area (Å²) in [6.45, 7) is 3.59. The fourth-order valence-electron chi connectivity index (χ4n) is 4.46. The third kappa shape index (κ3) is 4.97. The van der Waals surface area contributed by atoms with E-state index < -0.39 is 17.0 Å². The fraction of sp³-hybridized carbons (Fsp3) is 0.619. The molecule has 6 nitrogen and oxygen atoms in total. The van der Waals surface area contributed by atoms with E-state index in [0.717, 1.165) is 25.7 Å². The largest absolute Gasteiger partial charge is 0.450 e. The number of ether oxygens (including phenoxy) is 1. The second-order valence-corrected chi connectivity index (χ2v) is 7.89. The first kappa shape index (κ1) is 21.3. The normalized spacial score (nSPS) is 20.0. The Labute approximate surface area is 170 Å². The number of benzene rings is 1. The first-order valence-electron chi connectivity index (χ1n) is 10.4. The van der Waals surface area contributed by atoms with Gasteiger partial charge in [0.15, 0.2) is 5.96 Å². The Kier molecular flexibility index (Phi) is 6.92. The Hall–Kier alpha value is -2.38. The third-order valence-corrected chi connectivity index (χ3v) is 5.98. The first-order chi connectivity index (χ1) is 13.9. The Bertz CT molecular complexity index is 722. The quantitative estimate of drug-likeness (QED) is 0.579. The lowest BCUT2D eigenvalue weighted by Gasteiger charge is -2.32. The summed E-state index contributed by atoms with van der Waals surface area (Å²) in [5.41, 5.74) is 5.58. The van der Waals surface area contributed by atoms with Crippen molar-refractivity contribution in [2.75, 3.05) is 26.2 Å². The van der Waals surface area contributed by atoms with Gasteiger partial charge in [-0.05, 0) is 44.7 Å². The molecule has 1 amide bonds. The summed E-state index contributed by atoms with van der Waals surface area (Å²) < 4.78 is 33.9. The standard InChI is InChI=1S/C21H30F2N4O2/c1-2-29-20(28)27-12-8-15(9-13-27)26-19(24)25-14-21(10-3-4-11-21)18-16(22)6-5-7-17(18)23/h5-7,15H,2-4,8-14H2,1H3,(H3,24,25,26). The van der Waals surface area contributed by atoms with Crippen LogP contribution in [0.15, 0.2) is 23.2 Å². The summed E-state index contributed by atoms with van der Waals surface area (Å²) in [4.78, 5) is 17.9. The van der Waals surface area contributed by atoms with E-state index in [1.165, 1.54) is 18.2 Å². The van der Waals surface area contributed by atoms with Crippen LogP contribution in [0, 0.1) is 11.6 Å². The lowest BCUT2D eigenvalue weighted by atomic mass is 9.78. The van der Waals surface area contributed by atoms with Gasteiger partial charge in [-0.1, -0.05) is 18.9 Å². The number of nitrogens with two attached hydrogens (primary N) is 1. The van der Waals surface area contributed by atoms with E-state index >= 15 is 0 Å². The SMILES string of the molecule is CCOC(=O)N1CCC(NC(N)=NCC2(c3c(F)cccc3F)CCCC2)CC1. The third-order valence-electron chi connectivity index (χ3n) is 5.98. The van der Waals surface area contributed by atoms with Crippen molar-refractivity contribution >= 4 is 12.1 Å². The number of carbonyl (C=O) groups excluding carboxylic acids is 1. The van der Waals surface area contributed by atoms with Gasteiger partial charge in [0.1, 0.15) is 11.6 Å². The van der Waals surface area contributed by atoms with Crippen molar-refractivity contribution < 1.29 is 18.3 Å². The predicted molar refractivity (Wildman–Crippen MR) is 108 cm³/mol. The van der Waals surface area contributed by atoms with Gasteiger partial charge in [-0.15, -0.1) is 0 Å². The smallest absolute Gasteiger partial charge is 0.409 e. The lowest BCUT2D eigenvalue weighted by Crippen LogP contribution is -2.48. The Morgan fingerprint density at radius 1 is 1.28 bits per heavy atom. The summed E-state index contributed by atoms with van der Waals surface area (Å²) in [7, 11) is 0. The molecule has 0 bridgehead atoms. The van der Waals surface area contributed by atoms with E-state index in [4.69, 9.17) is 10.5 Å².